The molecule has 1 aromatic rings. The number of anilines is 1. The minimum atomic E-state index is 0.0183. The molecule has 0 radical (unpaired) electrons. The first-order valence-corrected chi connectivity index (χ1v) is 9.58. The molecule has 0 atom stereocenters. The Balaban J connectivity index is 1.49. The molecule has 6 nitrogen and oxygen atoms in total. The quantitative estimate of drug-likeness (QED) is 0.845. The van der Waals surface area contributed by atoms with Gasteiger partial charge < -0.3 is 15.1 Å². The van der Waals surface area contributed by atoms with E-state index >= 15 is 0 Å². The van der Waals surface area contributed by atoms with Crippen molar-refractivity contribution in [1.82, 2.24) is 15.2 Å². The fourth-order valence-corrected chi connectivity index (χ4v) is 3.64. The van der Waals surface area contributed by atoms with E-state index < -0.39 is 0 Å². The van der Waals surface area contributed by atoms with Crippen LogP contribution in [-0.2, 0) is 0 Å². The van der Waals surface area contributed by atoms with Crippen molar-refractivity contribution in [2.24, 2.45) is 0 Å². The smallest absolute Gasteiger partial charge is 0.317 e. The zero-order valence-corrected chi connectivity index (χ0v) is 15.3. The molecule has 1 aliphatic carbocycles. The summed E-state index contributed by atoms with van der Waals surface area (Å²) in [4.78, 5) is 20.8. The maximum atomic E-state index is 12.5. The van der Waals surface area contributed by atoms with Crippen LogP contribution in [0.2, 0.25) is 0 Å². The highest BCUT2D eigenvalue weighted by molar-refractivity contribution is 5.74. The molecule has 0 spiro atoms. The second-order valence-electron chi connectivity index (χ2n) is 6.90. The third kappa shape index (κ3) is 4.75. The lowest BCUT2D eigenvalue weighted by Crippen LogP contribution is -2.42. The summed E-state index contributed by atoms with van der Waals surface area (Å²) in [5.41, 5.74) is 2.07. The predicted octanol–water partition coefficient (Wildman–Crippen LogP) is 3.07. The van der Waals surface area contributed by atoms with E-state index in [1.54, 1.807) is 18.3 Å². The molecule has 138 valence electrons. The van der Waals surface area contributed by atoms with Crippen molar-refractivity contribution in [2.75, 3.05) is 37.6 Å². The highest BCUT2D eigenvalue weighted by Crippen LogP contribution is 2.20. The van der Waals surface area contributed by atoms with Crippen molar-refractivity contribution in [1.29, 1.82) is 5.26 Å². The Morgan fingerprint density at radius 1 is 1.23 bits per heavy atom. The van der Waals surface area contributed by atoms with Crippen LogP contribution in [0.15, 0.2) is 30.0 Å². The van der Waals surface area contributed by atoms with Crippen LogP contribution in [0.25, 0.3) is 0 Å². The largest absolute Gasteiger partial charge is 0.354 e. The van der Waals surface area contributed by atoms with Crippen LogP contribution >= 0.6 is 0 Å². The topological polar surface area (TPSA) is 72.3 Å². The number of hydrogen-bond donors (Lipinski definition) is 1. The van der Waals surface area contributed by atoms with Crippen molar-refractivity contribution in [3.63, 3.8) is 0 Å². The Kier molecular flexibility index (Phi) is 6.48. The molecule has 3 rings (SSSR count). The lowest BCUT2D eigenvalue weighted by atomic mass is 9.97. The number of nitrogens with zero attached hydrogens (tertiary/aromatic N) is 4. The molecular formula is C20H27N5O. The molecule has 2 heterocycles. The normalized spacial score (nSPS) is 17.9. The first-order chi connectivity index (χ1) is 12.8. The summed E-state index contributed by atoms with van der Waals surface area (Å²) in [7, 11) is 0. The standard InChI is InChI=1S/C20H27N5O/c21-16-18-8-4-10-22-19(18)24-12-5-13-25(15-14-24)20(26)23-11-9-17-6-2-1-3-7-17/h4,6,8,10H,1-3,5,7,9,11-15H2,(H,23,26). The van der Waals surface area contributed by atoms with Crippen LogP contribution < -0.4 is 10.2 Å². The highest BCUT2D eigenvalue weighted by Gasteiger charge is 2.21. The monoisotopic (exact) mass is 353 g/mol. The molecule has 1 aromatic heterocycles. The van der Waals surface area contributed by atoms with Crippen LogP contribution in [0.4, 0.5) is 10.6 Å². The molecule has 1 fully saturated rings. The van der Waals surface area contributed by atoms with E-state index in [1.165, 1.54) is 31.3 Å². The molecular weight excluding hydrogens is 326 g/mol. The molecule has 0 aromatic carbocycles. The van der Waals surface area contributed by atoms with Gasteiger partial charge in [0.2, 0.25) is 0 Å². The molecule has 2 amide bonds. The Morgan fingerprint density at radius 2 is 2.15 bits per heavy atom. The maximum absolute atomic E-state index is 12.5. The van der Waals surface area contributed by atoms with E-state index in [-0.39, 0.29) is 6.03 Å². The SMILES string of the molecule is N#Cc1cccnc1N1CCCN(C(=O)NCCC2=CCCCC2)CC1. The highest BCUT2D eigenvalue weighted by atomic mass is 16.2. The third-order valence-electron chi connectivity index (χ3n) is 5.10. The number of hydrogen-bond acceptors (Lipinski definition) is 4. The van der Waals surface area contributed by atoms with Gasteiger partial charge in [0.05, 0.1) is 5.56 Å². The Hall–Kier alpha value is -2.55. The van der Waals surface area contributed by atoms with Crippen molar-refractivity contribution >= 4 is 11.8 Å². The number of rotatable bonds is 4. The number of amides is 2. The minimum absolute atomic E-state index is 0.0183. The van der Waals surface area contributed by atoms with Crippen molar-refractivity contribution in [3.05, 3.63) is 35.5 Å². The number of nitriles is 1. The van der Waals surface area contributed by atoms with Crippen LogP contribution in [0.3, 0.4) is 0 Å². The summed E-state index contributed by atoms with van der Waals surface area (Å²) in [5, 5.41) is 12.3. The Labute approximate surface area is 155 Å². The Bertz CT molecular complexity index is 694. The number of carbonyl (C=O) groups excluding carboxylic acids is 1. The third-order valence-corrected chi connectivity index (χ3v) is 5.10. The summed E-state index contributed by atoms with van der Waals surface area (Å²) in [6, 6.07) is 5.79. The van der Waals surface area contributed by atoms with E-state index in [2.05, 4.69) is 27.3 Å². The molecule has 1 saturated heterocycles. The average Bonchev–Trinajstić information content (AvgIpc) is 2.95. The minimum Gasteiger partial charge on any atom is -0.354 e. The fourth-order valence-electron chi connectivity index (χ4n) is 3.64. The van der Waals surface area contributed by atoms with Gasteiger partial charge in [-0.25, -0.2) is 9.78 Å². The maximum Gasteiger partial charge on any atom is 0.317 e. The lowest BCUT2D eigenvalue weighted by Gasteiger charge is -2.23. The van der Waals surface area contributed by atoms with Crippen molar-refractivity contribution < 1.29 is 4.79 Å². The number of aromatic nitrogens is 1. The summed E-state index contributed by atoms with van der Waals surface area (Å²) < 4.78 is 0. The zero-order chi connectivity index (χ0) is 18.2. The summed E-state index contributed by atoms with van der Waals surface area (Å²) in [6.07, 6.45) is 10.8. The van der Waals surface area contributed by atoms with Crippen LogP contribution in [0.1, 0.15) is 44.1 Å². The van der Waals surface area contributed by atoms with Crippen LogP contribution in [0.5, 0.6) is 0 Å². The first kappa shape index (κ1) is 18.2. The number of pyridine rings is 1. The second-order valence-corrected chi connectivity index (χ2v) is 6.90. The van der Waals surface area contributed by atoms with E-state index in [9.17, 15) is 10.1 Å². The molecule has 1 N–H and O–H groups in total. The van der Waals surface area contributed by atoms with Crippen LogP contribution in [-0.4, -0.2) is 48.6 Å². The average molecular weight is 353 g/mol. The molecule has 0 unspecified atom stereocenters. The van der Waals surface area contributed by atoms with Gasteiger partial charge in [-0.15, -0.1) is 0 Å². The number of allylic oxidation sites excluding steroid dienone is 1. The molecule has 0 saturated carbocycles. The van der Waals surface area contributed by atoms with Crippen molar-refractivity contribution in [3.8, 4) is 6.07 Å². The van der Waals surface area contributed by atoms with Crippen LogP contribution in [0, 0.1) is 11.3 Å². The molecule has 2 aliphatic rings. The van der Waals surface area contributed by atoms with Gasteiger partial charge in [0.1, 0.15) is 11.9 Å². The summed E-state index contributed by atoms with van der Waals surface area (Å²) in [5.74, 6) is 0.724. The molecule has 0 bridgehead atoms. The first-order valence-electron chi connectivity index (χ1n) is 9.58. The summed E-state index contributed by atoms with van der Waals surface area (Å²) >= 11 is 0. The van der Waals surface area contributed by atoms with E-state index in [1.807, 2.05) is 4.90 Å². The lowest BCUT2D eigenvalue weighted by molar-refractivity contribution is 0.201. The van der Waals surface area contributed by atoms with Gasteiger partial charge >= 0.3 is 6.03 Å². The summed E-state index contributed by atoms with van der Waals surface area (Å²) in [6.45, 7) is 3.60. The Morgan fingerprint density at radius 3 is 2.96 bits per heavy atom. The number of carbonyl (C=O) groups is 1. The van der Waals surface area contributed by atoms with E-state index in [0.29, 0.717) is 25.2 Å². The van der Waals surface area contributed by atoms with Gasteiger partial charge in [0, 0.05) is 38.9 Å². The number of urea groups is 1. The predicted molar refractivity (Wildman–Crippen MR) is 102 cm³/mol. The van der Waals surface area contributed by atoms with Gasteiger partial charge in [-0.05, 0) is 50.7 Å². The van der Waals surface area contributed by atoms with Gasteiger partial charge in [-0.3, -0.25) is 0 Å². The fraction of sp³-hybridized carbons (Fsp3) is 0.550. The molecule has 6 heteroatoms. The van der Waals surface area contributed by atoms with Gasteiger partial charge in [0.25, 0.3) is 0 Å². The van der Waals surface area contributed by atoms with E-state index in [4.69, 9.17) is 0 Å². The van der Waals surface area contributed by atoms with Gasteiger partial charge in [0.15, 0.2) is 0 Å². The van der Waals surface area contributed by atoms with Crippen molar-refractivity contribution in [2.45, 2.75) is 38.5 Å². The van der Waals surface area contributed by atoms with E-state index in [0.717, 1.165) is 31.7 Å². The second kappa shape index (κ2) is 9.23. The molecule has 1 aliphatic heterocycles. The van der Waals surface area contributed by atoms with Gasteiger partial charge in [-0.1, -0.05) is 11.6 Å². The molecule has 26 heavy (non-hydrogen) atoms. The number of nitrogens with one attached hydrogen (secondary N) is 1. The van der Waals surface area contributed by atoms with Gasteiger partial charge in [-0.2, -0.15) is 5.26 Å². The zero-order valence-electron chi connectivity index (χ0n) is 15.3.